The van der Waals surface area contributed by atoms with Crippen molar-refractivity contribution in [2.45, 2.75) is 0 Å². The molecule has 1 aromatic carbocycles. The third-order valence-corrected chi connectivity index (χ3v) is 3.96. The molecule has 0 heterocycles. The highest BCUT2D eigenvalue weighted by Gasteiger charge is 2.15. The molecule has 1 rings (SSSR count). The van der Waals surface area contributed by atoms with Crippen LogP contribution in [-0.2, 0) is 14.8 Å². The van der Waals surface area contributed by atoms with Gasteiger partial charge in [0.1, 0.15) is 5.82 Å². The van der Waals surface area contributed by atoms with Crippen molar-refractivity contribution < 1.29 is 17.5 Å². The summed E-state index contributed by atoms with van der Waals surface area (Å²) in [6, 6.07) is 2.15. The average molecular weight is 347 g/mol. The predicted molar refractivity (Wildman–Crippen MR) is 68.4 cm³/mol. The van der Waals surface area contributed by atoms with Crippen molar-refractivity contribution in [2.75, 3.05) is 24.2 Å². The molecule has 0 amide bonds. The molecule has 4 nitrogen and oxygen atoms in total. The molecule has 0 unspecified atom stereocenters. The molecule has 0 saturated carbocycles. The summed E-state index contributed by atoms with van der Waals surface area (Å²) in [6.45, 7) is 0.0613. The zero-order valence-electron chi connectivity index (χ0n) is 8.84. The lowest BCUT2D eigenvalue weighted by Crippen LogP contribution is -2.20. The summed E-state index contributed by atoms with van der Waals surface area (Å²) in [4.78, 5) is 0. The maximum atomic E-state index is 12.9. The molecule has 0 atom stereocenters. The van der Waals surface area contributed by atoms with Gasteiger partial charge in [0, 0.05) is 11.6 Å². The first-order chi connectivity index (χ1) is 7.85. The van der Waals surface area contributed by atoms with Gasteiger partial charge in [-0.1, -0.05) is 11.6 Å². The number of rotatable bonds is 5. The van der Waals surface area contributed by atoms with E-state index in [0.29, 0.717) is 0 Å². The number of anilines is 1. The Labute approximate surface area is 112 Å². The lowest BCUT2D eigenvalue weighted by molar-refractivity contribution is 0.217. The summed E-state index contributed by atoms with van der Waals surface area (Å²) in [5, 5.41) is -0.0159. The fourth-order valence-electron chi connectivity index (χ4n) is 1.04. The SMILES string of the molecule is COCCS(=O)(=O)Nc1c(Cl)cc(F)cc1Br. The van der Waals surface area contributed by atoms with Crippen molar-refractivity contribution in [3.63, 3.8) is 0 Å². The first-order valence-electron chi connectivity index (χ1n) is 4.49. The van der Waals surface area contributed by atoms with Gasteiger partial charge in [-0.15, -0.1) is 0 Å². The van der Waals surface area contributed by atoms with Gasteiger partial charge in [0.15, 0.2) is 0 Å². The lowest BCUT2D eigenvalue weighted by atomic mass is 10.3. The van der Waals surface area contributed by atoms with Gasteiger partial charge in [0.2, 0.25) is 10.0 Å². The van der Waals surface area contributed by atoms with Crippen LogP contribution in [0.5, 0.6) is 0 Å². The standard InChI is InChI=1S/C9H10BrClFNO3S/c1-16-2-3-17(14,15)13-9-7(10)4-6(12)5-8(9)11/h4-5,13H,2-3H2,1H3. The molecule has 0 aliphatic rings. The van der Waals surface area contributed by atoms with E-state index in [1.54, 1.807) is 0 Å². The number of hydrogen-bond acceptors (Lipinski definition) is 3. The highest BCUT2D eigenvalue weighted by Crippen LogP contribution is 2.32. The lowest BCUT2D eigenvalue weighted by Gasteiger charge is -2.11. The van der Waals surface area contributed by atoms with E-state index >= 15 is 0 Å². The van der Waals surface area contributed by atoms with Crippen molar-refractivity contribution >= 4 is 43.2 Å². The molecule has 8 heteroatoms. The van der Waals surface area contributed by atoms with Crippen LogP contribution in [0, 0.1) is 5.82 Å². The number of sulfonamides is 1. The van der Waals surface area contributed by atoms with Crippen LogP contribution in [-0.4, -0.2) is 27.9 Å². The molecule has 0 saturated heterocycles. The van der Waals surface area contributed by atoms with Crippen molar-refractivity contribution in [3.05, 3.63) is 27.4 Å². The highest BCUT2D eigenvalue weighted by atomic mass is 79.9. The molecule has 0 aromatic heterocycles. The number of hydrogen-bond donors (Lipinski definition) is 1. The minimum Gasteiger partial charge on any atom is -0.384 e. The average Bonchev–Trinajstić information content (AvgIpc) is 2.21. The molecular formula is C9H10BrClFNO3S. The molecule has 0 bridgehead atoms. The van der Waals surface area contributed by atoms with Crippen molar-refractivity contribution in [1.29, 1.82) is 0 Å². The van der Waals surface area contributed by atoms with Gasteiger partial charge in [-0.2, -0.15) is 0 Å². The Hall–Kier alpha value is -0.370. The minimum absolute atomic E-state index is 0.0159. The molecule has 0 aliphatic heterocycles. The first kappa shape index (κ1) is 14.7. The third-order valence-electron chi connectivity index (χ3n) is 1.82. The third kappa shape index (κ3) is 4.42. The molecule has 96 valence electrons. The number of nitrogens with one attached hydrogen (secondary N) is 1. The first-order valence-corrected chi connectivity index (χ1v) is 7.32. The number of methoxy groups -OCH3 is 1. The second-order valence-corrected chi connectivity index (χ2v) is 6.26. The summed E-state index contributed by atoms with van der Waals surface area (Å²) >= 11 is 8.78. The molecule has 0 aliphatic carbocycles. The number of halogens is 3. The second kappa shape index (κ2) is 5.99. The Morgan fingerprint density at radius 2 is 2.18 bits per heavy atom. The fourth-order valence-corrected chi connectivity index (χ4v) is 3.14. The van der Waals surface area contributed by atoms with Crippen LogP contribution in [0.1, 0.15) is 0 Å². The quantitative estimate of drug-likeness (QED) is 0.892. The van der Waals surface area contributed by atoms with Crippen LogP contribution in [0.15, 0.2) is 16.6 Å². The predicted octanol–water partition coefficient (Wildman–Crippen LogP) is 2.63. The molecular weight excluding hydrogens is 337 g/mol. The Bertz CT molecular complexity index is 486. The summed E-state index contributed by atoms with van der Waals surface area (Å²) in [6.07, 6.45) is 0. The zero-order chi connectivity index (χ0) is 13.1. The second-order valence-electron chi connectivity index (χ2n) is 3.16. The Kier molecular flexibility index (Phi) is 5.18. The van der Waals surface area contributed by atoms with Crippen LogP contribution < -0.4 is 4.72 Å². The monoisotopic (exact) mass is 345 g/mol. The van der Waals surface area contributed by atoms with E-state index in [-0.39, 0.29) is 27.5 Å². The van der Waals surface area contributed by atoms with E-state index in [1.165, 1.54) is 7.11 Å². The normalized spacial score (nSPS) is 11.5. The van der Waals surface area contributed by atoms with Crippen LogP contribution in [0.25, 0.3) is 0 Å². The minimum atomic E-state index is -3.57. The van der Waals surface area contributed by atoms with E-state index in [9.17, 15) is 12.8 Å². The molecule has 1 N–H and O–H groups in total. The van der Waals surface area contributed by atoms with Gasteiger partial charge in [-0.25, -0.2) is 12.8 Å². The molecule has 0 spiro atoms. The van der Waals surface area contributed by atoms with Crippen molar-refractivity contribution in [2.24, 2.45) is 0 Å². The van der Waals surface area contributed by atoms with Crippen LogP contribution >= 0.6 is 27.5 Å². The van der Waals surface area contributed by atoms with Gasteiger partial charge in [-0.05, 0) is 28.1 Å². The number of ether oxygens (including phenoxy) is 1. The van der Waals surface area contributed by atoms with E-state index < -0.39 is 15.8 Å². The Morgan fingerprint density at radius 3 is 2.71 bits per heavy atom. The van der Waals surface area contributed by atoms with Gasteiger partial charge in [0.05, 0.1) is 23.1 Å². The van der Waals surface area contributed by atoms with E-state index in [0.717, 1.165) is 12.1 Å². The van der Waals surface area contributed by atoms with Gasteiger partial charge < -0.3 is 4.74 Å². The van der Waals surface area contributed by atoms with Crippen molar-refractivity contribution in [3.8, 4) is 0 Å². The summed E-state index contributed by atoms with van der Waals surface area (Å²) < 4.78 is 43.3. The van der Waals surface area contributed by atoms with Gasteiger partial charge >= 0.3 is 0 Å². The van der Waals surface area contributed by atoms with Crippen LogP contribution in [0.2, 0.25) is 5.02 Å². The molecule has 0 fully saturated rings. The van der Waals surface area contributed by atoms with Gasteiger partial charge in [0.25, 0.3) is 0 Å². The highest BCUT2D eigenvalue weighted by molar-refractivity contribution is 9.10. The summed E-state index contributed by atoms with van der Waals surface area (Å²) in [5.74, 6) is -0.759. The summed E-state index contributed by atoms with van der Waals surface area (Å²) in [7, 11) is -2.17. The summed E-state index contributed by atoms with van der Waals surface area (Å²) in [5.41, 5.74) is 0.115. The van der Waals surface area contributed by atoms with E-state index in [2.05, 4.69) is 25.4 Å². The fraction of sp³-hybridized carbons (Fsp3) is 0.333. The maximum Gasteiger partial charge on any atom is 0.235 e. The van der Waals surface area contributed by atoms with Gasteiger partial charge in [-0.3, -0.25) is 4.72 Å². The Morgan fingerprint density at radius 1 is 1.53 bits per heavy atom. The zero-order valence-corrected chi connectivity index (χ0v) is 12.0. The van der Waals surface area contributed by atoms with Crippen LogP contribution in [0.4, 0.5) is 10.1 Å². The van der Waals surface area contributed by atoms with E-state index in [4.69, 9.17) is 11.6 Å². The smallest absolute Gasteiger partial charge is 0.235 e. The molecule has 1 aromatic rings. The van der Waals surface area contributed by atoms with E-state index in [1.807, 2.05) is 0 Å². The molecule has 0 radical (unpaired) electrons. The number of benzene rings is 1. The topological polar surface area (TPSA) is 55.4 Å². The maximum absolute atomic E-state index is 12.9. The Balaban J connectivity index is 2.96. The van der Waals surface area contributed by atoms with Crippen molar-refractivity contribution in [1.82, 2.24) is 0 Å². The van der Waals surface area contributed by atoms with Crippen LogP contribution in [0.3, 0.4) is 0 Å². The molecule has 17 heavy (non-hydrogen) atoms. The largest absolute Gasteiger partial charge is 0.384 e.